The summed E-state index contributed by atoms with van der Waals surface area (Å²) in [5, 5.41) is 0.631. The second-order valence-corrected chi connectivity index (χ2v) is 4.24. The van der Waals surface area contributed by atoms with Crippen molar-refractivity contribution in [3.8, 4) is 0 Å². The van der Waals surface area contributed by atoms with Crippen molar-refractivity contribution in [2.24, 2.45) is 0 Å². The number of aromatic nitrogens is 6. The lowest BCUT2D eigenvalue weighted by atomic mass is 10.6. The molecule has 0 saturated heterocycles. The first-order chi connectivity index (χ1) is 8.74. The van der Waals surface area contributed by atoms with Crippen LogP contribution in [0.2, 0.25) is 0 Å². The molecular formula is C9H6FN7S. The summed E-state index contributed by atoms with van der Waals surface area (Å²) >= 11 is 1.03. The van der Waals surface area contributed by atoms with E-state index in [4.69, 9.17) is 5.73 Å². The van der Waals surface area contributed by atoms with Gasteiger partial charge in [-0.25, -0.2) is 29.3 Å². The molecular weight excluding hydrogens is 257 g/mol. The Morgan fingerprint density at radius 3 is 2.94 bits per heavy atom. The number of nitrogen functional groups attached to an aromatic ring is 1. The smallest absolute Gasteiger partial charge is 0.221 e. The summed E-state index contributed by atoms with van der Waals surface area (Å²) < 4.78 is 13.5. The fraction of sp³-hybridized carbons (Fsp3) is 0. The van der Waals surface area contributed by atoms with Gasteiger partial charge in [0.1, 0.15) is 21.9 Å². The van der Waals surface area contributed by atoms with E-state index in [0.29, 0.717) is 16.2 Å². The van der Waals surface area contributed by atoms with Gasteiger partial charge >= 0.3 is 0 Å². The van der Waals surface area contributed by atoms with Gasteiger partial charge in [-0.15, -0.1) is 0 Å². The number of fused-ring (bicyclic) bond motifs is 1. The summed E-state index contributed by atoms with van der Waals surface area (Å²) in [5.41, 5.74) is 6.55. The van der Waals surface area contributed by atoms with Crippen LogP contribution in [-0.4, -0.2) is 29.9 Å². The summed E-state index contributed by atoms with van der Waals surface area (Å²) in [4.78, 5) is 22.3. The van der Waals surface area contributed by atoms with Gasteiger partial charge in [0, 0.05) is 0 Å². The van der Waals surface area contributed by atoms with Gasteiger partial charge in [-0.2, -0.15) is 0 Å². The number of nitrogens with two attached hydrogens (primary N) is 1. The predicted molar refractivity (Wildman–Crippen MR) is 62.2 cm³/mol. The van der Waals surface area contributed by atoms with E-state index in [-0.39, 0.29) is 11.0 Å². The van der Waals surface area contributed by atoms with E-state index in [1.165, 1.54) is 12.7 Å². The Labute approximate surface area is 104 Å². The molecule has 0 radical (unpaired) electrons. The minimum Gasteiger partial charge on any atom is -0.368 e. The zero-order chi connectivity index (χ0) is 12.5. The van der Waals surface area contributed by atoms with Gasteiger partial charge < -0.3 is 10.7 Å². The average molecular weight is 263 g/mol. The Kier molecular flexibility index (Phi) is 2.52. The highest BCUT2D eigenvalue weighted by Crippen LogP contribution is 2.29. The highest BCUT2D eigenvalue weighted by atomic mass is 32.2. The third kappa shape index (κ3) is 1.84. The Morgan fingerprint density at radius 1 is 1.17 bits per heavy atom. The van der Waals surface area contributed by atoms with Gasteiger partial charge in [-0.05, 0) is 11.8 Å². The van der Waals surface area contributed by atoms with Crippen LogP contribution in [0.4, 0.5) is 10.3 Å². The molecule has 0 aliphatic carbocycles. The number of anilines is 1. The van der Waals surface area contributed by atoms with E-state index in [9.17, 15) is 4.39 Å². The number of nitrogens with zero attached hydrogens (tertiary/aromatic N) is 5. The van der Waals surface area contributed by atoms with Crippen molar-refractivity contribution < 1.29 is 4.39 Å². The second-order valence-electron chi connectivity index (χ2n) is 3.26. The zero-order valence-corrected chi connectivity index (χ0v) is 9.65. The molecule has 3 aromatic rings. The SMILES string of the molecule is Nc1ncc(F)c(Sc2ncnc3nc[nH]c23)n1. The van der Waals surface area contributed by atoms with Gasteiger partial charge in [0.05, 0.1) is 12.5 Å². The van der Waals surface area contributed by atoms with Crippen molar-refractivity contribution in [1.29, 1.82) is 0 Å². The molecule has 0 atom stereocenters. The predicted octanol–water partition coefficient (Wildman–Crippen LogP) is 1.02. The number of nitrogens with one attached hydrogen (secondary N) is 1. The molecule has 9 heteroatoms. The topological polar surface area (TPSA) is 106 Å². The summed E-state index contributed by atoms with van der Waals surface area (Å²) in [6.45, 7) is 0. The Hall–Kier alpha value is -2.29. The summed E-state index contributed by atoms with van der Waals surface area (Å²) in [6.07, 6.45) is 3.87. The van der Waals surface area contributed by atoms with Crippen LogP contribution in [0.15, 0.2) is 28.9 Å². The van der Waals surface area contributed by atoms with Crippen molar-refractivity contribution in [3.05, 3.63) is 24.7 Å². The molecule has 3 heterocycles. The molecule has 90 valence electrons. The lowest BCUT2D eigenvalue weighted by Crippen LogP contribution is -1.98. The van der Waals surface area contributed by atoms with E-state index in [2.05, 4.69) is 29.9 Å². The van der Waals surface area contributed by atoms with Gasteiger partial charge in [-0.1, -0.05) is 0 Å². The largest absolute Gasteiger partial charge is 0.368 e. The van der Waals surface area contributed by atoms with Gasteiger partial charge in [-0.3, -0.25) is 0 Å². The van der Waals surface area contributed by atoms with Gasteiger partial charge in [0.2, 0.25) is 5.95 Å². The normalized spacial score (nSPS) is 10.9. The Bertz CT molecular complexity index is 713. The number of halogens is 1. The third-order valence-corrected chi connectivity index (χ3v) is 3.09. The molecule has 0 amide bonds. The van der Waals surface area contributed by atoms with E-state index in [0.717, 1.165) is 18.0 Å². The number of imidazole rings is 1. The molecule has 0 bridgehead atoms. The van der Waals surface area contributed by atoms with Crippen LogP contribution in [0.1, 0.15) is 0 Å². The molecule has 18 heavy (non-hydrogen) atoms. The van der Waals surface area contributed by atoms with Crippen molar-refractivity contribution in [3.63, 3.8) is 0 Å². The number of hydrogen-bond donors (Lipinski definition) is 2. The first kappa shape index (κ1) is 10.8. The monoisotopic (exact) mass is 263 g/mol. The highest BCUT2D eigenvalue weighted by Gasteiger charge is 2.12. The fourth-order valence-electron chi connectivity index (χ4n) is 1.35. The molecule has 0 spiro atoms. The summed E-state index contributed by atoms with van der Waals surface area (Å²) in [5.74, 6) is -0.547. The molecule has 3 rings (SSSR count). The second kappa shape index (κ2) is 4.18. The van der Waals surface area contributed by atoms with Crippen LogP contribution >= 0.6 is 11.8 Å². The fourth-order valence-corrected chi connectivity index (χ4v) is 2.17. The maximum atomic E-state index is 13.5. The highest BCUT2D eigenvalue weighted by molar-refractivity contribution is 7.99. The quantitative estimate of drug-likeness (QED) is 0.664. The zero-order valence-electron chi connectivity index (χ0n) is 8.83. The van der Waals surface area contributed by atoms with Crippen molar-refractivity contribution in [2.75, 3.05) is 5.73 Å². The number of aromatic amines is 1. The van der Waals surface area contributed by atoms with Crippen molar-refractivity contribution >= 4 is 28.9 Å². The number of hydrogen-bond acceptors (Lipinski definition) is 7. The van der Waals surface area contributed by atoms with E-state index >= 15 is 0 Å². The molecule has 0 saturated carbocycles. The van der Waals surface area contributed by atoms with E-state index in [1.807, 2.05) is 0 Å². The maximum Gasteiger partial charge on any atom is 0.221 e. The molecule has 0 aliphatic heterocycles. The van der Waals surface area contributed by atoms with Gasteiger partial charge in [0.25, 0.3) is 0 Å². The molecule has 3 N–H and O–H groups in total. The van der Waals surface area contributed by atoms with Crippen LogP contribution in [0, 0.1) is 5.82 Å². The Morgan fingerprint density at radius 2 is 2.06 bits per heavy atom. The third-order valence-electron chi connectivity index (χ3n) is 2.11. The first-order valence-electron chi connectivity index (χ1n) is 4.84. The van der Waals surface area contributed by atoms with Crippen LogP contribution in [-0.2, 0) is 0 Å². The molecule has 0 fully saturated rings. The lowest BCUT2D eigenvalue weighted by Gasteiger charge is -2.02. The molecule has 7 nitrogen and oxygen atoms in total. The molecule has 3 aromatic heterocycles. The Balaban J connectivity index is 2.06. The van der Waals surface area contributed by atoms with E-state index in [1.54, 1.807) is 0 Å². The average Bonchev–Trinajstić information content (AvgIpc) is 2.83. The number of rotatable bonds is 2. The first-order valence-corrected chi connectivity index (χ1v) is 5.65. The van der Waals surface area contributed by atoms with Crippen LogP contribution in [0.5, 0.6) is 0 Å². The van der Waals surface area contributed by atoms with Crippen LogP contribution in [0.3, 0.4) is 0 Å². The standard InChI is InChI=1S/C9H6FN7S/c10-4-1-12-9(11)17-7(4)18-8-5-6(14-2-13-5)15-3-16-8/h1-3H,(H2,11,12,17)(H,13,14,15,16). The van der Waals surface area contributed by atoms with Gasteiger partial charge in [0.15, 0.2) is 11.5 Å². The molecule has 0 aliphatic rings. The minimum atomic E-state index is -0.555. The molecule has 0 aromatic carbocycles. The molecule has 0 unspecified atom stereocenters. The lowest BCUT2D eigenvalue weighted by molar-refractivity contribution is 0.580. The van der Waals surface area contributed by atoms with Crippen LogP contribution < -0.4 is 5.73 Å². The maximum absolute atomic E-state index is 13.5. The van der Waals surface area contributed by atoms with E-state index < -0.39 is 5.82 Å². The summed E-state index contributed by atoms with van der Waals surface area (Å²) in [6, 6.07) is 0. The number of H-pyrrole nitrogens is 1. The minimum absolute atomic E-state index is 0.00816. The summed E-state index contributed by atoms with van der Waals surface area (Å²) in [7, 11) is 0. The van der Waals surface area contributed by atoms with Crippen molar-refractivity contribution in [1.82, 2.24) is 29.9 Å². The van der Waals surface area contributed by atoms with Crippen LogP contribution in [0.25, 0.3) is 11.2 Å². The van der Waals surface area contributed by atoms with Crippen molar-refractivity contribution in [2.45, 2.75) is 10.1 Å².